The first-order valence-corrected chi connectivity index (χ1v) is 1.06. The van der Waals surface area contributed by atoms with Gasteiger partial charge in [-0.2, -0.15) is 0 Å². The Hall–Kier alpha value is -0.0609. The molecule has 0 aromatic rings. The van der Waals surface area contributed by atoms with Crippen molar-refractivity contribution in [2.75, 3.05) is 0 Å². The summed E-state index contributed by atoms with van der Waals surface area (Å²) in [4.78, 5) is 0. The van der Waals surface area contributed by atoms with Crippen LogP contribution < -0.4 is 0 Å². The predicted octanol–water partition coefficient (Wildman–Crippen LogP) is 1.37. The fourth-order valence-corrected chi connectivity index (χ4v) is 0. The van der Waals surface area contributed by atoms with Crippen molar-refractivity contribution in [1.82, 2.24) is 0 Å². The molecule has 0 spiro atoms. The molecule has 4 heavy (non-hydrogen) atoms. The summed E-state index contributed by atoms with van der Waals surface area (Å²) >= 11 is 4.76. The number of halogens is 1. The van der Waals surface area contributed by atoms with Crippen LogP contribution in [0.5, 0.6) is 0 Å². The van der Waals surface area contributed by atoms with Crippen LogP contribution >= 0.6 is 11.6 Å². The van der Waals surface area contributed by atoms with Gasteiger partial charge in [0.05, 0.1) is 0 Å². The molecule has 0 aromatic carbocycles. The van der Waals surface area contributed by atoms with Gasteiger partial charge in [0.25, 0.3) is 0 Å². The first-order valence-electron chi connectivity index (χ1n) is 0.626. The molecule has 0 nitrogen and oxygen atoms in total. The van der Waals surface area contributed by atoms with Crippen LogP contribution in [0.2, 0.25) is 0 Å². The molecule has 0 aromatic heterocycles. The fraction of sp³-hybridized carbons (Fsp3) is 0. The molecule has 0 heterocycles. The Balaban J connectivity index is 0. The molecule has 0 unspecified atom stereocenters. The van der Waals surface area contributed by atoms with E-state index in [1.165, 1.54) is 5.54 Å². The summed E-state index contributed by atoms with van der Waals surface area (Å²) in [7, 11) is 0. The zero-order chi connectivity index (χ0) is 2.71. The SMILES string of the molecule is C=CCl.[Ne]. The molecule has 0 saturated heterocycles. The van der Waals surface area contributed by atoms with E-state index in [0.717, 1.165) is 0 Å². The molecule has 0 rings (SSSR count). The Kier molecular flexibility index (Phi) is 28.4. The van der Waals surface area contributed by atoms with E-state index < -0.39 is 0 Å². The second-order valence-corrected chi connectivity index (χ2v) is 0.463. The first-order chi connectivity index (χ1) is 1.41. The van der Waals surface area contributed by atoms with Gasteiger partial charge in [0.15, 0.2) is 0 Å². The average Bonchev–Trinajstić information content (AvgIpc) is 0.918. The smallest absolute Gasteiger partial charge is 0 e. The van der Waals surface area contributed by atoms with Crippen LogP contribution in [0.4, 0.5) is 0 Å². The van der Waals surface area contributed by atoms with Gasteiger partial charge in [-0.25, -0.2) is 0 Å². The van der Waals surface area contributed by atoms with Crippen molar-refractivity contribution in [3.05, 3.63) is 12.1 Å². The molecule has 0 aliphatic heterocycles. The molecule has 0 N–H and O–H groups in total. The molecule has 0 fully saturated rings. The summed E-state index contributed by atoms with van der Waals surface area (Å²) in [6.07, 6.45) is 0. The molecule has 0 bridgehead atoms. The van der Waals surface area contributed by atoms with E-state index in [4.69, 9.17) is 11.6 Å². The van der Waals surface area contributed by atoms with Crippen molar-refractivity contribution in [3.63, 3.8) is 0 Å². The molecular formula is C2H3ClNe. The van der Waals surface area contributed by atoms with Crippen molar-refractivity contribution in [3.8, 4) is 0 Å². The van der Waals surface area contributed by atoms with Crippen molar-refractivity contribution in [1.29, 1.82) is 0 Å². The molecule has 2 heteroatoms. The van der Waals surface area contributed by atoms with Crippen LogP contribution in [0.1, 0.15) is 0 Å². The van der Waals surface area contributed by atoms with Gasteiger partial charge in [-0.1, -0.05) is 18.2 Å². The third-order valence-corrected chi connectivity index (χ3v) is 0. The zero-order valence-electron chi connectivity index (χ0n) is 2.02. The van der Waals surface area contributed by atoms with Gasteiger partial charge in [-0.15, -0.1) is 0 Å². The molecule has 0 saturated carbocycles. The van der Waals surface area contributed by atoms with E-state index in [0.29, 0.717) is 0 Å². The van der Waals surface area contributed by atoms with Gasteiger partial charge in [0.2, 0.25) is 0 Å². The van der Waals surface area contributed by atoms with E-state index in [-0.39, 0.29) is 6.15 Å². The summed E-state index contributed by atoms with van der Waals surface area (Å²) < 4.78 is 0. The normalized spacial score (nSPS) is 3.25. The third kappa shape index (κ3) is 461. The van der Waals surface area contributed by atoms with E-state index in [1.54, 1.807) is 0 Å². The molecule has 0 aliphatic carbocycles. The van der Waals surface area contributed by atoms with Gasteiger partial charge in [-0.3, -0.25) is 0 Å². The second-order valence-electron chi connectivity index (χ2n) is 0.154. The van der Waals surface area contributed by atoms with Crippen LogP contribution in [0.3, 0.4) is 0 Å². The summed E-state index contributed by atoms with van der Waals surface area (Å²) in [6, 6.07) is 0. The minimum atomic E-state index is 0. The summed E-state index contributed by atoms with van der Waals surface area (Å²) in [5.41, 5.74) is 1.22. The fourth-order valence-electron chi connectivity index (χ4n) is 0. The van der Waals surface area contributed by atoms with Crippen molar-refractivity contribution in [2.24, 2.45) is 0 Å². The van der Waals surface area contributed by atoms with Crippen LogP contribution in [0.15, 0.2) is 12.1 Å². The maximum absolute atomic E-state index is 4.76. The second kappa shape index (κ2) is 12.5. The van der Waals surface area contributed by atoms with Crippen LogP contribution in [-0.4, -0.2) is 0 Å². The molecular weight excluding hydrogens is 79.7 g/mol. The largest absolute Gasteiger partial charge is 0.0936 e. The average molecular weight is 82.7 g/mol. The van der Waals surface area contributed by atoms with E-state index >= 15 is 0 Å². The standard InChI is InChI=1S/C2H3Cl.Ne/c1-2-3;/h2H,1H2;. The van der Waals surface area contributed by atoms with Gasteiger partial charge in [0.1, 0.15) is 0 Å². The van der Waals surface area contributed by atoms with Crippen LogP contribution in [0, 0.1) is 6.15 Å². The Morgan fingerprint density at radius 3 is 1.75 bits per heavy atom. The van der Waals surface area contributed by atoms with Gasteiger partial charge in [-0.05, 0) is 5.54 Å². The summed E-state index contributed by atoms with van der Waals surface area (Å²) in [6.45, 7) is 3.13. The Morgan fingerprint density at radius 1 is 1.75 bits per heavy atom. The summed E-state index contributed by atoms with van der Waals surface area (Å²) in [5.74, 6) is 0. The Morgan fingerprint density at radius 2 is 1.75 bits per heavy atom. The minimum Gasteiger partial charge on any atom is -0.0936 e. The Bertz CT molecular complexity index is 13.5. The van der Waals surface area contributed by atoms with E-state index in [9.17, 15) is 0 Å². The number of rotatable bonds is 0. The van der Waals surface area contributed by atoms with Crippen LogP contribution in [0.25, 0.3) is 0 Å². The molecule has 0 aliphatic rings. The predicted molar refractivity (Wildman–Crippen MR) is 16.1 cm³/mol. The maximum Gasteiger partial charge on any atom is 0 e. The first kappa shape index (κ1) is 9.05. The van der Waals surface area contributed by atoms with E-state index in [1.807, 2.05) is 0 Å². The number of hydrogen-bond acceptors (Lipinski definition) is 0. The molecule has 0 radical (unpaired) electrons. The zero-order valence-corrected chi connectivity index (χ0v) is 2.77. The monoisotopic (exact) mass is 82.0 g/mol. The van der Waals surface area contributed by atoms with Crippen molar-refractivity contribution in [2.45, 2.75) is 0 Å². The van der Waals surface area contributed by atoms with Crippen LogP contribution in [-0.2, 0) is 0 Å². The quantitative estimate of drug-likeness (QED) is 0.414. The molecule has 0 atom stereocenters. The molecule has 0 amide bonds. The maximum atomic E-state index is 4.76. The summed E-state index contributed by atoms with van der Waals surface area (Å²) in [5, 5.41) is 0. The third-order valence-electron chi connectivity index (χ3n) is 0. The van der Waals surface area contributed by atoms with Crippen molar-refractivity contribution >= 4 is 11.6 Å². The Labute approximate surface area is 30.9 Å². The van der Waals surface area contributed by atoms with E-state index in [2.05, 4.69) is 6.58 Å². The number of hydrogen-bond donors (Lipinski definition) is 0. The molecule has 26 valence electrons. The topological polar surface area (TPSA) is 0 Å². The van der Waals surface area contributed by atoms with Gasteiger partial charge >= 0.3 is 0 Å². The van der Waals surface area contributed by atoms with Crippen molar-refractivity contribution < 1.29 is 6.15 Å². The van der Waals surface area contributed by atoms with Gasteiger partial charge in [0, 0.05) is 6.15 Å². The minimum absolute atomic E-state index is 0. The van der Waals surface area contributed by atoms with Gasteiger partial charge < -0.3 is 0 Å².